The maximum atomic E-state index is 13.1. The smallest absolute Gasteiger partial charge is 0.268 e. The van der Waals surface area contributed by atoms with E-state index in [1.54, 1.807) is 18.2 Å². The number of para-hydroxylation sites is 1. The summed E-state index contributed by atoms with van der Waals surface area (Å²) >= 11 is 12.5. The van der Waals surface area contributed by atoms with E-state index in [1.165, 1.54) is 11.1 Å². The van der Waals surface area contributed by atoms with Crippen molar-refractivity contribution in [1.29, 1.82) is 0 Å². The van der Waals surface area contributed by atoms with Gasteiger partial charge in [-0.2, -0.15) is 4.98 Å². The van der Waals surface area contributed by atoms with Gasteiger partial charge >= 0.3 is 0 Å². The summed E-state index contributed by atoms with van der Waals surface area (Å²) in [6.07, 6.45) is 2.91. The second kappa shape index (κ2) is 10.8. The summed E-state index contributed by atoms with van der Waals surface area (Å²) in [5, 5.41) is 3.85. The highest BCUT2D eigenvalue weighted by molar-refractivity contribution is 6.40. The zero-order valence-corrected chi connectivity index (χ0v) is 21.8. The van der Waals surface area contributed by atoms with Crippen molar-refractivity contribution in [3.63, 3.8) is 0 Å². The van der Waals surface area contributed by atoms with Crippen LogP contribution in [-0.4, -0.2) is 59.6 Å². The van der Waals surface area contributed by atoms with Gasteiger partial charge < -0.3 is 19.9 Å². The van der Waals surface area contributed by atoms with E-state index in [-0.39, 0.29) is 30.0 Å². The number of nitrogens with one attached hydrogen (secondary N) is 1. The topological polar surface area (TPSA) is 90.9 Å². The fourth-order valence-electron chi connectivity index (χ4n) is 4.40. The Morgan fingerprint density at radius 3 is 2.43 bits per heavy atom. The summed E-state index contributed by atoms with van der Waals surface area (Å²) in [5.41, 5.74) is 2.50. The minimum absolute atomic E-state index is 0.0717. The average molecular weight is 541 g/mol. The second-order valence-electron chi connectivity index (χ2n) is 8.78. The van der Waals surface area contributed by atoms with Crippen LogP contribution < -0.4 is 19.9 Å². The summed E-state index contributed by atoms with van der Waals surface area (Å²) < 4.78 is 5.75. The first-order chi connectivity index (χ1) is 17.9. The lowest BCUT2D eigenvalue weighted by atomic mass is 10.2. The number of amides is 2. The molecule has 3 aromatic rings. The molecule has 0 bridgehead atoms. The van der Waals surface area contributed by atoms with Crippen LogP contribution in [0.3, 0.4) is 0 Å². The Morgan fingerprint density at radius 1 is 1.05 bits per heavy atom. The predicted octanol–water partition coefficient (Wildman–Crippen LogP) is 4.97. The molecule has 0 unspecified atom stereocenters. The van der Waals surface area contributed by atoms with Gasteiger partial charge in [0.05, 0.1) is 15.7 Å². The number of halogens is 2. The summed E-state index contributed by atoms with van der Waals surface area (Å²) in [5.74, 6) is 0.391. The first-order valence-electron chi connectivity index (χ1n) is 12.1. The van der Waals surface area contributed by atoms with E-state index in [0.29, 0.717) is 28.1 Å². The molecule has 1 aromatic heterocycles. The van der Waals surface area contributed by atoms with E-state index >= 15 is 0 Å². The van der Waals surface area contributed by atoms with Crippen molar-refractivity contribution in [1.82, 2.24) is 14.9 Å². The molecule has 0 saturated carbocycles. The lowest BCUT2D eigenvalue weighted by Gasteiger charge is -2.36. The Bertz CT molecular complexity index is 1290. The van der Waals surface area contributed by atoms with Crippen molar-refractivity contribution >= 4 is 58.0 Å². The van der Waals surface area contributed by atoms with Gasteiger partial charge in [-0.25, -0.2) is 4.98 Å². The van der Waals surface area contributed by atoms with E-state index in [4.69, 9.17) is 27.9 Å². The van der Waals surface area contributed by atoms with Gasteiger partial charge in [0, 0.05) is 50.2 Å². The molecule has 0 aliphatic carbocycles. The van der Waals surface area contributed by atoms with Gasteiger partial charge in [-0.15, -0.1) is 0 Å². The first-order valence-corrected chi connectivity index (χ1v) is 12.9. The summed E-state index contributed by atoms with van der Waals surface area (Å²) in [7, 11) is 0. The third-order valence-corrected chi connectivity index (χ3v) is 6.96. The molecule has 0 atom stereocenters. The van der Waals surface area contributed by atoms with E-state index < -0.39 is 0 Å². The van der Waals surface area contributed by atoms with Crippen molar-refractivity contribution < 1.29 is 14.3 Å². The van der Waals surface area contributed by atoms with Gasteiger partial charge in [0.15, 0.2) is 6.73 Å². The average Bonchev–Trinajstić information content (AvgIpc) is 2.90. The van der Waals surface area contributed by atoms with Crippen molar-refractivity contribution in [2.75, 3.05) is 48.0 Å². The molecule has 2 aliphatic heterocycles. The van der Waals surface area contributed by atoms with Crippen molar-refractivity contribution in [2.24, 2.45) is 0 Å². The normalized spacial score (nSPS) is 15.3. The molecule has 192 valence electrons. The molecule has 1 fully saturated rings. The molecule has 11 heteroatoms. The number of ether oxygens (including phenoxy) is 1. The third kappa shape index (κ3) is 5.28. The fourth-order valence-corrected chi connectivity index (χ4v) is 5.00. The highest BCUT2D eigenvalue weighted by Crippen LogP contribution is 2.37. The minimum atomic E-state index is -0.344. The number of aromatic nitrogens is 2. The molecule has 2 amide bonds. The lowest BCUT2D eigenvalue weighted by molar-refractivity contribution is -0.131. The second-order valence-corrected chi connectivity index (χ2v) is 9.59. The quantitative estimate of drug-likeness (QED) is 0.471. The number of hydrogen-bond acceptors (Lipinski definition) is 7. The number of carbonyl (C=O) groups excluding carboxylic acids is 2. The highest BCUT2D eigenvalue weighted by atomic mass is 35.5. The molecule has 0 spiro atoms. The van der Waals surface area contributed by atoms with Gasteiger partial charge in [-0.3, -0.25) is 14.5 Å². The summed E-state index contributed by atoms with van der Waals surface area (Å²) in [6.45, 7) is 5.03. The Hall–Kier alpha value is -3.56. The number of fused-ring (bicyclic) bond motifs is 1. The Balaban J connectivity index is 1.23. The van der Waals surface area contributed by atoms with Crippen molar-refractivity contribution in [3.05, 3.63) is 64.3 Å². The molecule has 5 rings (SSSR count). The predicted molar refractivity (Wildman–Crippen MR) is 144 cm³/mol. The van der Waals surface area contributed by atoms with Crippen LogP contribution in [0, 0.1) is 0 Å². The maximum Gasteiger partial charge on any atom is 0.268 e. The number of nitrogens with zero attached hydrogens (tertiary/aromatic N) is 5. The van der Waals surface area contributed by atoms with Gasteiger partial charge in [0.25, 0.3) is 5.91 Å². The third-order valence-electron chi connectivity index (χ3n) is 6.35. The number of carbonyl (C=O) groups is 2. The van der Waals surface area contributed by atoms with Crippen molar-refractivity contribution in [3.8, 4) is 5.88 Å². The van der Waals surface area contributed by atoms with E-state index in [9.17, 15) is 9.59 Å². The molecule has 1 N–H and O–H groups in total. The van der Waals surface area contributed by atoms with Gasteiger partial charge in [-0.1, -0.05) is 36.2 Å². The molecule has 2 aliphatic rings. The van der Waals surface area contributed by atoms with E-state index in [0.717, 1.165) is 44.0 Å². The number of rotatable bonds is 6. The summed E-state index contributed by atoms with van der Waals surface area (Å²) in [6, 6.07) is 13.0. The lowest BCUT2D eigenvalue weighted by Crippen LogP contribution is -2.48. The van der Waals surface area contributed by atoms with Crippen LogP contribution in [0.5, 0.6) is 5.88 Å². The van der Waals surface area contributed by atoms with Crippen LogP contribution in [0.4, 0.5) is 23.0 Å². The number of benzene rings is 2. The Morgan fingerprint density at radius 2 is 1.76 bits per heavy atom. The standard InChI is InChI=1S/C26H26Cl2N6O3/c1-2-4-22(35)33-13-11-32(12-14-33)18-9-7-17(8-10-18)30-26-29-15-19-24(31-26)37-16-34(25(19)36)23-20(27)5-3-6-21(23)28/h3,5-10,15H,2,4,11-14,16H2,1H3,(H,29,30,31). The van der Waals surface area contributed by atoms with Crippen molar-refractivity contribution in [2.45, 2.75) is 19.8 Å². The highest BCUT2D eigenvalue weighted by Gasteiger charge is 2.31. The minimum Gasteiger partial charge on any atom is -0.455 e. The summed E-state index contributed by atoms with van der Waals surface area (Å²) in [4.78, 5) is 39.4. The van der Waals surface area contributed by atoms with Gasteiger partial charge in [-0.05, 0) is 42.8 Å². The largest absolute Gasteiger partial charge is 0.455 e. The Labute approximate surface area is 224 Å². The zero-order chi connectivity index (χ0) is 25.9. The van der Waals surface area contributed by atoms with Crippen LogP contribution in [-0.2, 0) is 4.79 Å². The Kier molecular flexibility index (Phi) is 7.34. The van der Waals surface area contributed by atoms with Crippen LogP contribution in [0.2, 0.25) is 10.0 Å². The molecular formula is C26H26Cl2N6O3. The fraction of sp³-hybridized carbons (Fsp3) is 0.308. The zero-order valence-electron chi connectivity index (χ0n) is 20.3. The molecule has 2 aromatic carbocycles. The number of anilines is 4. The molecule has 37 heavy (non-hydrogen) atoms. The van der Waals surface area contributed by atoms with E-state index in [1.807, 2.05) is 36.1 Å². The number of piperazine rings is 1. The van der Waals surface area contributed by atoms with Crippen LogP contribution in [0.15, 0.2) is 48.7 Å². The van der Waals surface area contributed by atoms with Gasteiger partial charge in [0.1, 0.15) is 5.56 Å². The SMILES string of the molecule is CCCC(=O)N1CCN(c2ccc(Nc3ncc4c(n3)OCN(c3c(Cl)cccc3Cl)C4=O)cc2)CC1. The van der Waals surface area contributed by atoms with E-state index in [2.05, 4.69) is 20.2 Å². The molecule has 9 nitrogen and oxygen atoms in total. The van der Waals surface area contributed by atoms with Crippen LogP contribution >= 0.6 is 23.2 Å². The van der Waals surface area contributed by atoms with Crippen LogP contribution in [0.1, 0.15) is 30.1 Å². The molecular weight excluding hydrogens is 515 g/mol. The maximum absolute atomic E-state index is 13.1. The molecule has 3 heterocycles. The monoisotopic (exact) mass is 540 g/mol. The van der Waals surface area contributed by atoms with Gasteiger partial charge in [0.2, 0.25) is 17.7 Å². The number of hydrogen-bond donors (Lipinski definition) is 1. The first kappa shape index (κ1) is 25.1. The van der Waals surface area contributed by atoms with Crippen LogP contribution in [0.25, 0.3) is 0 Å². The molecule has 1 saturated heterocycles. The molecule has 0 radical (unpaired) electrons.